The maximum Gasteiger partial charge on any atom is 0.258 e. The number of aryl methyl sites for hydroxylation is 1. The molecule has 1 amide bonds. The normalized spacial score (nSPS) is 13.4. The largest absolute Gasteiger partial charge is 0.364 e. The van der Waals surface area contributed by atoms with E-state index in [1.165, 1.54) is 11.1 Å². The number of hydrogen-bond acceptors (Lipinski definition) is 5. The Labute approximate surface area is 220 Å². The van der Waals surface area contributed by atoms with Gasteiger partial charge in [0.15, 0.2) is 0 Å². The monoisotopic (exact) mass is 504 g/mol. The van der Waals surface area contributed by atoms with Gasteiger partial charge in [0.2, 0.25) is 0 Å². The zero-order chi connectivity index (χ0) is 26.2. The summed E-state index contributed by atoms with van der Waals surface area (Å²) in [4.78, 5) is 28.6. The van der Waals surface area contributed by atoms with Crippen LogP contribution in [0.5, 0.6) is 0 Å². The molecule has 1 N–H and O–H groups in total. The van der Waals surface area contributed by atoms with E-state index in [0.717, 1.165) is 53.0 Å². The molecule has 7 heteroatoms. The first-order valence-corrected chi connectivity index (χ1v) is 12.7. The summed E-state index contributed by atoms with van der Waals surface area (Å²) in [6.07, 6.45) is 4.39. The first-order valence-electron chi connectivity index (χ1n) is 12.7. The number of likely N-dealkylation sites (N-methyl/N-ethyl adjacent to an activating group) is 1. The molecule has 38 heavy (non-hydrogen) atoms. The van der Waals surface area contributed by atoms with Crippen molar-refractivity contribution in [2.24, 2.45) is 0 Å². The number of carbonyl (C=O) groups is 1. The average molecular weight is 505 g/mol. The van der Waals surface area contributed by atoms with E-state index in [-0.39, 0.29) is 11.5 Å². The fraction of sp³-hybridized carbons (Fsp3) is 0.194. The molecule has 0 unspecified atom stereocenters. The molecule has 6 rings (SSSR count). The Balaban J connectivity index is 1.21. The van der Waals surface area contributed by atoms with Crippen LogP contribution in [0, 0.1) is 6.92 Å². The van der Waals surface area contributed by atoms with Crippen molar-refractivity contribution in [1.29, 1.82) is 0 Å². The summed E-state index contributed by atoms with van der Waals surface area (Å²) in [6, 6.07) is 21.2. The SMILES string of the molecule is Cc1nocc1-c1ccc2c(=O)n(Cc3cccc(C(=O)Nc4ccc5c(c4)CCN(C)C5)c3)ccc2c1. The van der Waals surface area contributed by atoms with Gasteiger partial charge in [-0.05, 0) is 90.5 Å². The van der Waals surface area contributed by atoms with E-state index < -0.39 is 0 Å². The smallest absolute Gasteiger partial charge is 0.258 e. The second-order valence-corrected chi connectivity index (χ2v) is 9.99. The highest BCUT2D eigenvalue weighted by Gasteiger charge is 2.15. The van der Waals surface area contributed by atoms with Gasteiger partial charge in [0, 0.05) is 41.5 Å². The number of aromatic nitrogens is 2. The van der Waals surface area contributed by atoms with Crippen molar-refractivity contribution < 1.29 is 9.32 Å². The van der Waals surface area contributed by atoms with Gasteiger partial charge in [0.05, 0.1) is 12.2 Å². The molecule has 190 valence electrons. The van der Waals surface area contributed by atoms with Gasteiger partial charge in [-0.1, -0.05) is 29.4 Å². The first-order chi connectivity index (χ1) is 18.4. The highest BCUT2D eigenvalue weighted by Crippen LogP contribution is 2.26. The molecule has 5 aromatic rings. The van der Waals surface area contributed by atoms with Gasteiger partial charge < -0.3 is 19.3 Å². The molecule has 0 aliphatic carbocycles. The third-order valence-electron chi connectivity index (χ3n) is 7.25. The fourth-order valence-corrected chi connectivity index (χ4v) is 5.13. The van der Waals surface area contributed by atoms with Crippen LogP contribution in [0.15, 0.2) is 88.5 Å². The summed E-state index contributed by atoms with van der Waals surface area (Å²) >= 11 is 0. The van der Waals surface area contributed by atoms with Crippen molar-refractivity contribution in [2.75, 3.05) is 18.9 Å². The minimum Gasteiger partial charge on any atom is -0.364 e. The predicted octanol–water partition coefficient (Wildman–Crippen LogP) is 5.25. The van der Waals surface area contributed by atoms with Crippen LogP contribution in [0.3, 0.4) is 0 Å². The minimum atomic E-state index is -0.165. The van der Waals surface area contributed by atoms with Crippen molar-refractivity contribution in [1.82, 2.24) is 14.6 Å². The lowest BCUT2D eigenvalue weighted by Gasteiger charge is -2.25. The lowest BCUT2D eigenvalue weighted by atomic mass is 9.99. The number of pyridine rings is 1. The predicted molar refractivity (Wildman–Crippen MR) is 148 cm³/mol. The van der Waals surface area contributed by atoms with E-state index in [9.17, 15) is 9.59 Å². The highest BCUT2D eigenvalue weighted by atomic mass is 16.5. The molecule has 0 fully saturated rings. The van der Waals surface area contributed by atoms with E-state index in [0.29, 0.717) is 17.5 Å². The van der Waals surface area contributed by atoms with E-state index in [2.05, 4.69) is 34.6 Å². The number of rotatable bonds is 5. The molecule has 0 atom stereocenters. The van der Waals surface area contributed by atoms with E-state index >= 15 is 0 Å². The van der Waals surface area contributed by atoms with Crippen molar-refractivity contribution in [2.45, 2.75) is 26.4 Å². The number of hydrogen-bond donors (Lipinski definition) is 1. The molecule has 3 heterocycles. The maximum absolute atomic E-state index is 13.2. The van der Waals surface area contributed by atoms with Gasteiger partial charge in [-0.2, -0.15) is 0 Å². The average Bonchev–Trinajstić information content (AvgIpc) is 3.36. The van der Waals surface area contributed by atoms with Crippen LogP contribution in [0.25, 0.3) is 21.9 Å². The van der Waals surface area contributed by atoms with Crippen LogP contribution >= 0.6 is 0 Å². The van der Waals surface area contributed by atoms with Crippen LogP contribution in [-0.2, 0) is 19.5 Å². The second kappa shape index (κ2) is 9.76. The Hall–Kier alpha value is -4.49. The van der Waals surface area contributed by atoms with Crippen LogP contribution < -0.4 is 10.9 Å². The molecule has 0 saturated carbocycles. The standard InChI is InChI=1S/C31H28N4O3/c1-20-29(19-38-33-20)23-7-9-28-24(15-23)11-13-35(31(28)37)17-21-4-3-5-25(14-21)30(36)32-27-8-6-26-18-34(2)12-10-22(26)16-27/h3-9,11,13-16,19H,10,12,17-18H2,1-2H3,(H,32,36). The Morgan fingerprint density at radius 2 is 1.95 bits per heavy atom. The summed E-state index contributed by atoms with van der Waals surface area (Å²) < 4.78 is 6.73. The molecule has 2 aromatic heterocycles. The number of benzene rings is 3. The summed E-state index contributed by atoms with van der Waals surface area (Å²) in [5.74, 6) is -0.165. The van der Waals surface area contributed by atoms with Crippen molar-refractivity contribution in [3.8, 4) is 11.1 Å². The molecule has 7 nitrogen and oxygen atoms in total. The van der Waals surface area contributed by atoms with Gasteiger partial charge in [0.1, 0.15) is 6.26 Å². The van der Waals surface area contributed by atoms with E-state index in [4.69, 9.17) is 4.52 Å². The number of carbonyl (C=O) groups excluding carboxylic acids is 1. The number of fused-ring (bicyclic) bond motifs is 2. The Morgan fingerprint density at radius 3 is 2.79 bits per heavy atom. The third kappa shape index (κ3) is 4.64. The molecular weight excluding hydrogens is 476 g/mol. The Kier molecular flexibility index (Phi) is 6.13. The van der Waals surface area contributed by atoms with Gasteiger partial charge in [-0.25, -0.2) is 0 Å². The third-order valence-corrected chi connectivity index (χ3v) is 7.25. The molecule has 0 spiro atoms. The van der Waals surface area contributed by atoms with E-state index in [1.54, 1.807) is 23.1 Å². The first kappa shape index (κ1) is 23.9. The quantitative estimate of drug-likeness (QED) is 0.354. The highest BCUT2D eigenvalue weighted by molar-refractivity contribution is 6.04. The van der Waals surface area contributed by atoms with Crippen LogP contribution in [0.1, 0.15) is 32.7 Å². The molecule has 1 aliphatic rings. The van der Waals surface area contributed by atoms with Gasteiger partial charge >= 0.3 is 0 Å². The topological polar surface area (TPSA) is 80.4 Å². The van der Waals surface area contributed by atoms with Crippen molar-refractivity contribution >= 4 is 22.4 Å². The number of anilines is 1. The maximum atomic E-state index is 13.2. The van der Waals surface area contributed by atoms with Crippen LogP contribution in [0.4, 0.5) is 5.69 Å². The van der Waals surface area contributed by atoms with Crippen LogP contribution in [-0.4, -0.2) is 34.1 Å². The zero-order valence-corrected chi connectivity index (χ0v) is 21.4. The summed E-state index contributed by atoms with van der Waals surface area (Å²) in [7, 11) is 2.12. The number of nitrogens with one attached hydrogen (secondary N) is 1. The molecule has 3 aromatic carbocycles. The Morgan fingerprint density at radius 1 is 1.05 bits per heavy atom. The molecule has 0 saturated heterocycles. The zero-order valence-electron chi connectivity index (χ0n) is 21.4. The molecule has 1 aliphatic heterocycles. The van der Waals surface area contributed by atoms with Crippen molar-refractivity contribution in [3.63, 3.8) is 0 Å². The van der Waals surface area contributed by atoms with Crippen molar-refractivity contribution in [3.05, 3.63) is 117 Å². The summed E-state index contributed by atoms with van der Waals surface area (Å²) in [5.41, 5.74) is 7.43. The molecular formula is C31H28N4O3. The lowest BCUT2D eigenvalue weighted by Crippen LogP contribution is -2.26. The van der Waals surface area contributed by atoms with E-state index in [1.807, 2.05) is 55.5 Å². The van der Waals surface area contributed by atoms with Gasteiger partial charge in [0.25, 0.3) is 11.5 Å². The number of amides is 1. The molecule has 0 radical (unpaired) electrons. The lowest BCUT2D eigenvalue weighted by molar-refractivity contribution is 0.102. The van der Waals surface area contributed by atoms with Gasteiger partial charge in [-0.15, -0.1) is 0 Å². The fourth-order valence-electron chi connectivity index (χ4n) is 5.13. The molecule has 0 bridgehead atoms. The van der Waals surface area contributed by atoms with Crippen LogP contribution in [0.2, 0.25) is 0 Å². The summed E-state index contributed by atoms with van der Waals surface area (Å²) in [6.45, 7) is 4.21. The minimum absolute atomic E-state index is 0.0781. The second-order valence-electron chi connectivity index (χ2n) is 9.99. The summed E-state index contributed by atoms with van der Waals surface area (Å²) in [5, 5.41) is 8.47. The number of nitrogens with zero attached hydrogens (tertiary/aromatic N) is 3. The van der Waals surface area contributed by atoms with Gasteiger partial charge in [-0.3, -0.25) is 9.59 Å². The Bertz CT molecular complexity index is 1730.